The Labute approximate surface area is 132 Å². The van der Waals surface area contributed by atoms with Crippen LogP contribution in [0.25, 0.3) is 0 Å². The van der Waals surface area contributed by atoms with Crippen LogP contribution in [0.4, 0.5) is 0 Å². The van der Waals surface area contributed by atoms with Gasteiger partial charge in [0.15, 0.2) is 11.7 Å². The Morgan fingerprint density at radius 3 is 2.36 bits per heavy atom. The van der Waals surface area contributed by atoms with Crippen molar-refractivity contribution in [2.75, 3.05) is 0 Å². The lowest BCUT2D eigenvalue weighted by atomic mass is 9.98. The SMILES string of the molecule is CCc1nc([C@@H](C#N)C(=O)c2ccc(C(N)=O)cc2)sc1C. The van der Waals surface area contributed by atoms with Crippen molar-refractivity contribution in [3.8, 4) is 6.07 Å². The molecular weight excluding hydrogens is 298 g/mol. The molecule has 0 aliphatic heterocycles. The van der Waals surface area contributed by atoms with Gasteiger partial charge >= 0.3 is 0 Å². The zero-order valence-electron chi connectivity index (χ0n) is 12.3. The van der Waals surface area contributed by atoms with Gasteiger partial charge in [0.05, 0.1) is 11.8 Å². The van der Waals surface area contributed by atoms with E-state index in [9.17, 15) is 14.9 Å². The van der Waals surface area contributed by atoms with E-state index in [-0.39, 0.29) is 5.78 Å². The second-order valence-corrected chi connectivity index (χ2v) is 6.01. The number of primary amides is 1. The minimum atomic E-state index is -0.927. The molecule has 6 heteroatoms. The van der Waals surface area contributed by atoms with Gasteiger partial charge in [0.25, 0.3) is 0 Å². The van der Waals surface area contributed by atoms with Crippen LogP contribution in [0.2, 0.25) is 0 Å². The zero-order chi connectivity index (χ0) is 16.3. The molecular formula is C16H15N3O2S. The molecule has 112 valence electrons. The van der Waals surface area contributed by atoms with Crippen LogP contribution in [0.15, 0.2) is 24.3 Å². The maximum absolute atomic E-state index is 12.5. The number of carbonyl (C=O) groups is 2. The number of thiazole rings is 1. The number of rotatable bonds is 5. The molecule has 0 saturated carbocycles. The van der Waals surface area contributed by atoms with Crippen molar-refractivity contribution in [3.63, 3.8) is 0 Å². The van der Waals surface area contributed by atoms with E-state index in [1.54, 1.807) is 0 Å². The number of amides is 1. The van der Waals surface area contributed by atoms with Crippen molar-refractivity contribution in [1.82, 2.24) is 4.98 Å². The molecule has 0 unspecified atom stereocenters. The molecule has 0 fully saturated rings. The summed E-state index contributed by atoms with van der Waals surface area (Å²) in [6.07, 6.45) is 0.766. The molecule has 2 rings (SSSR count). The van der Waals surface area contributed by atoms with Crippen LogP contribution in [-0.2, 0) is 6.42 Å². The number of carbonyl (C=O) groups excluding carboxylic acids is 2. The first-order valence-electron chi connectivity index (χ1n) is 6.77. The lowest BCUT2D eigenvalue weighted by Gasteiger charge is -2.05. The van der Waals surface area contributed by atoms with Gasteiger partial charge < -0.3 is 5.73 Å². The van der Waals surface area contributed by atoms with Crippen LogP contribution in [-0.4, -0.2) is 16.7 Å². The van der Waals surface area contributed by atoms with E-state index < -0.39 is 11.8 Å². The first-order chi connectivity index (χ1) is 10.5. The fourth-order valence-electron chi connectivity index (χ4n) is 2.09. The van der Waals surface area contributed by atoms with Crippen molar-refractivity contribution in [3.05, 3.63) is 51.0 Å². The van der Waals surface area contributed by atoms with Gasteiger partial charge in [0.2, 0.25) is 5.91 Å². The van der Waals surface area contributed by atoms with E-state index >= 15 is 0 Å². The quantitative estimate of drug-likeness (QED) is 0.858. The Morgan fingerprint density at radius 2 is 1.91 bits per heavy atom. The molecule has 2 aromatic rings. The first-order valence-corrected chi connectivity index (χ1v) is 7.59. The predicted molar refractivity (Wildman–Crippen MR) is 83.9 cm³/mol. The number of aryl methyl sites for hydroxylation is 2. The van der Waals surface area contributed by atoms with Crippen molar-refractivity contribution < 1.29 is 9.59 Å². The molecule has 2 N–H and O–H groups in total. The Hall–Kier alpha value is -2.52. The minimum absolute atomic E-state index is 0.323. The number of Topliss-reactive ketones (excluding diaryl/α,β-unsaturated/α-hetero) is 1. The lowest BCUT2D eigenvalue weighted by molar-refractivity contribution is 0.0973. The number of aromatic nitrogens is 1. The standard InChI is InChI=1S/C16H15N3O2S/c1-3-13-9(2)22-16(19-13)12(8-17)14(20)10-4-6-11(7-5-10)15(18)21/h4-7,12H,3H2,1-2H3,(H2,18,21)/t12-/m0/s1. The summed E-state index contributed by atoms with van der Waals surface area (Å²) in [5, 5.41) is 9.86. The highest BCUT2D eigenvalue weighted by Crippen LogP contribution is 2.27. The summed E-state index contributed by atoms with van der Waals surface area (Å²) in [5.41, 5.74) is 6.77. The molecule has 1 aromatic heterocycles. The predicted octanol–water partition coefficient (Wildman–Crippen LogP) is 2.60. The number of benzene rings is 1. The molecule has 5 nitrogen and oxygen atoms in total. The Balaban J connectivity index is 2.32. The van der Waals surface area contributed by atoms with Gasteiger partial charge in [-0.05, 0) is 25.5 Å². The lowest BCUT2D eigenvalue weighted by Crippen LogP contribution is -2.13. The number of nitriles is 1. The number of nitrogens with zero attached hydrogens (tertiary/aromatic N) is 2. The van der Waals surface area contributed by atoms with E-state index in [1.807, 2.05) is 19.9 Å². The third-order valence-corrected chi connectivity index (χ3v) is 4.41. The van der Waals surface area contributed by atoms with Crippen LogP contribution in [0.3, 0.4) is 0 Å². The average molecular weight is 313 g/mol. The number of hydrogen-bond donors (Lipinski definition) is 1. The maximum Gasteiger partial charge on any atom is 0.248 e. The van der Waals surface area contributed by atoms with E-state index in [0.29, 0.717) is 16.1 Å². The second-order valence-electron chi connectivity index (χ2n) is 4.78. The number of ketones is 1. The van der Waals surface area contributed by atoms with E-state index in [2.05, 4.69) is 4.98 Å². The Morgan fingerprint density at radius 1 is 1.32 bits per heavy atom. The molecule has 0 bridgehead atoms. The molecule has 22 heavy (non-hydrogen) atoms. The average Bonchev–Trinajstić information content (AvgIpc) is 2.88. The molecule has 0 spiro atoms. The van der Waals surface area contributed by atoms with E-state index in [4.69, 9.17) is 5.73 Å². The van der Waals surface area contributed by atoms with Crippen LogP contribution in [0, 0.1) is 18.3 Å². The number of hydrogen-bond acceptors (Lipinski definition) is 5. The normalized spacial score (nSPS) is 11.7. The Bertz CT molecular complexity index is 757. The highest BCUT2D eigenvalue weighted by Gasteiger charge is 2.25. The highest BCUT2D eigenvalue weighted by molar-refractivity contribution is 7.12. The van der Waals surface area contributed by atoms with Crippen LogP contribution < -0.4 is 5.73 Å². The summed E-state index contributed by atoms with van der Waals surface area (Å²) in [6, 6.07) is 8.00. The largest absolute Gasteiger partial charge is 0.366 e. The van der Waals surface area contributed by atoms with Gasteiger partial charge in [0.1, 0.15) is 5.01 Å². The summed E-state index contributed by atoms with van der Waals surface area (Å²) in [6.45, 7) is 3.91. The van der Waals surface area contributed by atoms with E-state index in [0.717, 1.165) is 17.0 Å². The van der Waals surface area contributed by atoms with Gasteiger partial charge in [-0.3, -0.25) is 9.59 Å². The molecule has 0 aliphatic carbocycles. The van der Waals surface area contributed by atoms with Crippen molar-refractivity contribution in [2.45, 2.75) is 26.2 Å². The topological polar surface area (TPSA) is 96.8 Å². The molecule has 1 heterocycles. The maximum atomic E-state index is 12.5. The fourth-order valence-corrected chi connectivity index (χ4v) is 3.15. The number of nitrogens with two attached hydrogens (primary N) is 1. The third kappa shape index (κ3) is 3.05. The third-order valence-electron chi connectivity index (χ3n) is 3.34. The minimum Gasteiger partial charge on any atom is -0.366 e. The van der Waals surface area contributed by atoms with Gasteiger partial charge in [0, 0.05) is 16.0 Å². The van der Waals surface area contributed by atoms with Crippen molar-refractivity contribution in [1.29, 1.82) is 5.26 Å². The second kappa shape index (κ2) is 6.50. The molecule has 0 aliphatic rings. The van der Waals surface area contributed by atoms with Crippen molar-refractivity contribution >= 4 is 23.0 Å². The van der Waals surface area contributed by atoms with E-state index in [1.165, 1.54) is 35.6 Å². The van der Waals surface area contributed by atoms with Gasteiger partial charge in [-0.15, -0.1) is 11.3 Å². The van der Waals surface area contributed by atoms with Crippen LogP contribution in [0.5, 0.6) is 0 Å². The molecule has 1 amide bonds. The molecule has 1 atom stereocenters. The van der Waals surface area contributed by atoms with Crippen LogP contribution >= 0.6 is 11.3 Å². The summed E-state index contributed by atoms with van der Waals surface area (Å²) in [5.74, 6) is -1.81. The van der Waals surface area contributed by atoms with Crippen LogP contribution in [0.1, 0.15) is 49.1 Å². The smallest absolute Gasteiger partial charge is 0.248 e. The zero-order valence-corrected chi connectivity index (χ0v) is 13.1. The summed E-state index contributed by atoms with van der Waals surface area (Å²) in [7, 11) is 0. The Kier molecular flexibility index (Phi) is 4.68. The first kappa shape index (κ1) is 15.9. The summed E-state index contributed by atoms with van der Waals surface area (Å²) >= 11 is 1.37. The summed E-state index contributed by atoms with van der Waals surface area (Å²) in [4.78, 5) is 29.0. The fraction of sp³-hybridized carbons (Fsp3) is 0.250. The van der Waals surface area contributed by atoms with Gasteiger partial charge in [-0.2, -0.15) is 5.26 Å². The van der Waals surface area contributed by atoms with Crippen molar-refractivity contribution in [2.24, 2.45) is 5.73 Å². The van der Waals surface area contributed by atoms with Gasteiger partial charge in [-0.25, -0.2) is 4.98 Å². The highest BCUT2D eigenvalue weighted by atomic mass is 32.1. The monoisotopic (exact) mass is 313 g/mol. The molecule has 1 aromatic carbocycles. The summed E-state index contributed by atoms with van der Waals surface area (Å²) < 4.78 is 0. The molecule has 0 saturated heterocycles. The van der Waals surface area contributed by atoms with Gasteiger partial charge in [-0.1, -0.05) is 19.1 Å². The molecule has 0 radical (unpaired) electrons.